The lowest BCUT2D eigenvalue weighted by Gasteiger charge is -2.32. The van der Waals surface area contributed by atoms with Gasteiger partial charge in [-0.25, -0.2) is 0 Å². The topological polar surface area (TPSA) is 85.9 Å². The minimum absolute atomic E-state index is 0.168. The van der Waals surface area contributed by atoms with Gasteiger partial charge < -0.3 is 24.8 Å². The summed E-state index contributed by atoms with van der Waals surface area (Å²) in [7, 11) is 1.32. The van der Waals surface area contributed by atoms with Crippen molar-refractivity contribution >= 4 is 23.1 Å². The third-order valence-electron chi connectivity index (χ3n) is 5.95. The number of allylic oxidation sites excluding steroid dienone is 1. The van der Waals surface area contributed by atoms with Crippen molar-refractivity contribution < 1.29 is 23.8 Å². The molecule has 7 nitrogen and oxygen atoms in total. The summed E-state index contributed by atoms with van der Waals surface area (Å²) in [6.45, 7) is 2.08. The summed E-state index contributed by atoms with van der Waals surface area (Å²) in [5.41, 5.74) is 4.01. The van der Waals surface area contributed by atoms with Crippen molar-refractivity contribution in [3.05, 3.63) is 59.3 Å². The second kappa shape index (κ2) is 7.09. The average molecular weight is 406 g/mol. The third-order valence-corrected chi connectivity index (χ3v) is 5.95. The van der Waals surface area contributed by atoms with Gasteiger partial charge in [-0.2, -0.15) is 0 Å². The molecule has 2 aromatic rings. The van der Waals surface area contributed by atoms with E-state index in [2.05, 4.69) is 10.6 Å². The van der Waals surface area contributed by atoms with E-state index < -0.39 is 17.9 Å². The van der Waals surface area contributed by atoms with Crippen LogP contribution in [0.4, 0.5) is 11.4 Å². The fourth-order valence-electron chi connectivity index (χ4n) is 4.48. The number of nitrogens with one attached hydrogen (secondary N) is 2. The van der Waals surface area contributed by atoms with Gasteiger partial charge in [0.1, 0.15) is 5.92 Å². The Labute approximate surface area is 174 Å². The summed E-state index contributed by atoms with van der Waals surface area (Å²) in [6.07, 6.45) is 0.567. The number of benzene rings is 2. The van der Waals surface area contributed by atoms with Crippen molar-refractivity contribution in [1.29, 1.82) is 0 Å². The Kier molecular flexibility index (Phi) is 4.38. The maximum absolute atomic E-state index is 13.6. The molecule has 0 bridgehead atoms. The first-order valence-corrected chi connectivity index (χ1v) is 9.94. The number of esters is 1. The number of hydrogen-bond donors (Lipinski definition) is 2. The molecule has 3 atom stereocenters. The van der Waals surface area contributed by atoms with Crippen LogP contribution in [0.25, 0.3) is 0 Å². The summed E-state index contributed by atoms with van der Waals surface area (Å²) in [6, 6.07) is 13.0. The molecular formula is C23H22N2O5. The fourth-order valence-corrected chi connectivity index (χ4v) is 4.48. The van der Waals surface area contributed by atoms with Gasteiger partial charge in [0.2, 0.25) is 6.79 Å². The molecule has 30 heavy (non-hydrogen) atoms. The zero-order valence-electron chi connectivity index (χ0n) is 16.7. The standard InChI is InChI=1S/C23H22N2O5/c1-12-9-16-20(22(26)19(12)23(27)28-2)21(25-15-6-4-3-5-14(15)24-16)13-7-8-17-18(10-13)30-11-29-17/h3-8,10,12,19,21,24-25H,9,11H2,1-2H3/t12-,19-,21+/m1/s1. The number of anilines is 2. The first-order chi connectivity index (χ1) is 14.6. The van der Waals surface area contributed by atoms with Crippen molar-refractivity contribution in [3.63, 3.8) is 0 Å². The second-order valence-corrected chi connectivity index (χ2v) is 7.80. The molecule has 3 aliphatic rings. The summed E-state index contributed by atoms with van der Waals surface area (Å²) in [5, 5.41) is 6.94. The van der Waals surface area contributed by atoms with Gasteiger partial charge in [-0.05, 0) is 42.2 Å². The van der Waals surface area contributed by atoms with Gasteiger partial charge in [0.05, 0.1) is 24.5 Å². The normalized spacial score (nSPS) is 24.2. The Morgan fingerprint density at radius 2 is 1.87 bits per heavy atom. The van der Waals surface area contributed by atoms with E-state index in [1.165, 1.54) is 7.11 Å². The van der Waals surface area contributed by atoms with Gasteiger partial charge in [0, 0.05) is 11.3 Å². The zero-order chi connectivity index (χ0) is 20.8. The molecule has 0 saturated heterocycles. The van der Waals surface area contributed by atoms with Crippen LogP contribution in [0, 0.1) is 11.8 Å². The number of ketones is 1. The lowest BCUT2D eigenvalue weighted by molar-refractivity contribution is -0.151. The molecule has 1 aliphatic carbocycles. The number of carbonyl (C=O) groups is 2. The van der Waals surface area contributed by atoms with Crippen LogP contribution in [0.15, 0.2) is 53.7 Å². The molecular weight excluding hydrogens is 384 g/mol. The number of rotatable bonds is 2. The van der Waals surface area contributed by atoms with Crippen LogP contribution >= 0.6 is 0 Å². The number of fused-ring (bicyclic) bond motifs is 2. The SMILES string of the molecule is COC(=O)[C@H]1C(=O)C2=C(C[C@H]1C)Nc1ccccc1N[C@H]2c1ccc2c(c1)OCO2. The molecule has 2 aromatic carbocycles. The molecule has 5 rings (SSSR count). The predicted molar refractivity (Wildman–Crippen MR) is 110 cm³/mol. The Balaban J connectivity index is 1.66. The van der Waals surface area contributed by atoms with Gasteiger partial charge in [-0.1, -0.05) is 25.1 Å². The minimum atomic E-state index is -0.824. The summed E-state index contributed by atoms with van der Waals surface area (Å²) >= 11 is 0. The van der Waals surface area contributed by atoms with Crippen molar-refractivity contribution in [2.24, 2.45) is 11.8 Å². The minimum Gasteiger partial charge on any atom is -0.468 e. The molecule has 2 aliphatic heterocycles. The molecule has 0 spiro atoms. The van der Waals surface area contributed by atoms with E-state index in [-0.39, 0.29) is 18.5 Å². The highest BCUT2D eigenvalue weighted by Gasteiger charge is 2.44. The Morgan fingerprint density at radius 3 is 2.67 bits per heavy atom. The number of Topliss-reactive ketones (excluding diaryl/α,β-unsaturated/α-hetero) is 1. The van der Waals surface area contributed by atoms with Gasteiger partial charge in [-0.3, -0.25) is 9.59 Å². The quantitative estimate of drug-likeness (QED) is 0.582. The molecule has 0 amide bonds. The van der Waals surface area contributed by atoms with E-state index in [9.17, 15) is 9.59 Å². The second-order valence-electron chi connectivity index (χ2n) is 7.80. The van der Waals surface area contributed by atoms with Crippen LogP contribution in [0.1, 0.15) is 24.9 Å². The van der Waals surface area contributed by atoms with Crippen molar-refractivity contribution in [1.82, 2.24) is 0 Å². The number of methoxy groups -OCH3 is 1. The lowest BCUT2D eigenvalue weighted by atomic mass is 9.75. The summed E-state index contributed by atoms with van der Waals surface area (Å²) < 4.78 is 15.9. The van der Waals surface area contributed by atoms with E-state index in [0.29, 0.717) is 23.5 Å². The average Bonchev–Trinajstić information content (AvgIpc) is 3.14. The van der Waals surface area contributed by atoms with Crippen LogP contribution < -0.4 is 20.1 Å². The molecule has 2 heterocycles. The molecule has 0 fully saturated rings. The van der Waals surface area contributed by atoms with Gasteiger partial charge in [0.25, 0.3) is 0 Å². The van der Waals surface area contributed by atoms with E-state index >= 15 is 0 Å². The number of para-hydroxylation sites is 2. The van der Waals surface area contributed by atoms with Crippen LogP contribution in [0.2, 0.25) is 0 Å². The molecule has 0 unspecified atom stereocenters. The fraction of sp³-hybridized carbons (Fsp3) is 0.304. The maximum atomic E-state index is 13.6. The maximum Gasteiger partial charge on any atom is 0.316 e. The van der Waals surface area contributed by atoms with E-state index in [0.717, 1.165) is 22.6 Å². The van der Waals surface area contributed by atoms with Gasteiger partial charge >= 0.3 is 5.97 Å². The Hall–Kier alpha value is -3.48. The highest BCUT2D eigenvalue weighted by molar-refractivity contribution is 6.11. The number of ether oxygens (including phenoxy) is 3. The number of carbonyl (C=O) groups excluding carboxylic acids is 2. The Bertz CT molecular complexity index is 1080. The van der Waals surface area contributed by atoms with Crippen molar-refractivity contribution in [2.45, 2.75) is 19.4 Å². The highest BCUT2D eigenvalue weighted by Crippen LogP contribution is 2.45. The smallest absolute Gasteiger partial charge is 0.316 e. The highest BCUT2D eigenvalue weighted by atomic mass is 16.7. The van der Waals surface area contributed by atoms with Crippen LogP contribution in [-0.2, 0) is 14.3 Å². The van der Waals surface area contributed by atoms with Gasteiger partial charge in [-0.15, -0.1) is 0 Å². The van der Waals surface area contributed by atoms with Crippen LogP contribution in [0.5, 0.6) is 11.5 Å². The third kappa shape index (κ3) is 2.89. The molecule has 0 saturated carbocycles. The monoisotopic (exact) mass is 406 g/mol. The van der Waals surface area contributed by atoms with Crippen LogP contribution in [-0.4, -0.2) is 25.7 Å². The molecule has 0 aromatic heterocycles. The summed E-state index contributed by atoms with van der Waals surface area (Å²) in [5.74, 6) is -0.385. The summed E-state index contributed by atoms with van der Waals surface area (Å²) in [4.78, 5) is 26.0. The molecule has 7 heteroatoms. The molecule has 154 valence electrons. The number of hydrogen-bond acceptors (Lipinski definition) is 7. The van der Waals surface area contributed by atoms with E-state index in [1.807, 2.05) is 49.4 Å². The first-order valence-electron chi connectivity index (χ1n) is 9.94. The van der Waals surface area contributed by atoms with Gasteiger partial charge in [0.15, 0.2) is 17.3 Å². The molecule has 0 radical (unpaired) electrons. The van der Waals surface area contributed by atoms with Crippen LogP contribution in [0.3, 0.4) is 0 Å². The first kappa shape index (κ1) is 18.5. The van der Waals surface area contributed by atoms with Crippen molar-refractivity contribution in [2.75, 3.05) is 24.5 Å². The lowest BCUT2D eigenvalue weighted by Crippen LogP contribution is -2.39. The van der Waals surface area contributed by atoms with Crippen molar-refractivity contribution in [3.8, 4) is 11.5 Å². The van der Waals surface area contributed by atoms with E-state index in [4.69, 9.17) is 14.2 Å². The largest absolute Gasteiger partial charge is 0.468 e. The predicted octanol–water partition coefficient (Wildman–Crippen LogP) is 3.65. The Morgan fingerprint density at radius 1 is 1.10 bits per heavy atom. The van der Waals surface area contributed by atoms with E-state index in [1.54, 1.807) is 0 Å². The zero-order valence-corrected chi connectivity index (χ0v) is 16.7. The molecule has 2 N–H and O–H groups in total.